The van der Waals surface area contributed by atoms with Crippen LogP contribution in [0.2, 0.25) is 5.02 Å². The maximum Gasteiger partial charge on any atom is 0.335 e. The van der Waals surface area contributed by atoms with Crippen LogP contribution >= 0.6 is 11.6 Å². The number of halogens is 1. The molecule has 1 heterocycles. The third kappa shape index (κ3) is 3.88. The Morgan fingerprint density at radius 1 is 1.14 bits per heavy atom. The number of anilines is 2. The lowest BCUT2D eigenvalue weighted by atomic mass is 10.1. The molecule has 0 radical (unpaired) electrons. The first-order chi connectivity index (χ1) is 13.7. The van der Waals surface area contributed by atoms with E-state index in [4.69, 9.17) is 16.3 Å². The highest BCUT2D eigenvalue weighted by Crippen LogP contribution is 2.36. The number of carbonyl (C=O) groups is 3. The summed E-state index contributed by atoms with van der Waals surface area (Å²) in [4.78, 5) is 40.3. The molecule has 1 aliphatic rings. The molecular formula is C20H18ClN3O5. The summed E-state index contributed by atoms with van der Waals surface area (Å²) in [5.41, 5.74) is 1.29. The minimum atomic E-state index is -0.837. The number of nitrogens with zero attached hydrogens (tertiary/aromatic N) is 2. The number of carbonyl (C=O) groups excluding carboxylic acids is 3. The fraction of sp³-hybridized carbons (Fsp3) is 0.150. The molecule has 0 atom stereocenters. The van der Waals surface area contributed by atoms with Crippen molar-refractivity contribution in [1.29, 1.82) is 0 Å². The highest BCUT2D eigenvalue weighted by atomic mass is 35.5. The second kappa shape index (κ2) is 7.84. The van der Waals surface area contributed by atoms with E-state index >= 15 is 0 Å². The number of rotatable bonds is 4. The topological polar surface area (TPSA) is 99.2 Å². The van der Waals surface area contributed by atoms with Gasteiger partial charge in [0.2, 0.25) is 0 Å². The van der Waals surface area contributed by atoms with Crippen molar-refractivity contribution < 1.29 is 24.2 Å². The van der Waals surface area contributed by atoms with E-state index in [1.165, 1.54) is 25.3 Å². The fourth-order valence-electron chi connectivity index (χ4n) is 2.79. The van der Waals surface area contributed by atoms with Crippen LogP contribution in [0.4, 0.5) is 16.2 Å². The Balaban J connectivity index is 2.01. The summed E-state index contributed by atoms with van der Waals surface area (Å²) in [6, 6.07) is 8.68. The summed E-state index contributed by atoms with van der Waals surface area (Å²) in [7, 11) is 5.08. The largest absolute Gasteiger partial charge is 0.503 e. The van der Waals surface area contributed by atoms with Crippen LogP contribution < -0.4 is 19.9 Å². The summed E-state index contributed by atoms with van der Waals surface area (Å²) in [5.74, 6) is -1.78. The molecule has 0 aliphatic carbocycles. The van der Waals surface area contributed by atoms with Crippen molar-refractivity contribution in [3.63, 3.8) is 0 Å². The number of nitrogens with one attached hydrogen (secondary N) is 1. The molecule has 1 fully saturated rings. The van der Waals surface area contributed by atoms with Gasteiger partial charge in [-0.25, -0.2) is 9.69 Å². The lowest BCUT2D eigenvalue weighted by Gasteiger charge is -2.26. The molecule has 4 amide bonds. The van der Waals surface area contributed by atoms with Crippen molar-refractivity contribution in [3.8, 4) is 11.5 Å². The Labute approximate surface area is 171 Å². The molecule has 0 saturated carbocycles. The monoisotopic (exact) mass is 415 g/mol. The second-order valence-electron chi connectivity index (χ2n) is 6.42. The molecule has 2 N–H and O–H groups in total. The van der Waals surface area contributed by atoms with Crippen LogP contribution in [-0.2, 0) is 9.59 Å². The Kier molecular flexibility index (Phi) is 5.47. The third-order valence-corrected chi connectivity index (χ3v) is 4.60. The zero-order chi connectivity index (χ0) is 21.3. The zero-order valence-electron chi connectivity index (χ0n) is 15.9. The minimum absolute atomic E-state index is 0.00734. The van der Waals surface area contributed by atoms with Gasteiger partial charge in [-0.05, 0) is 48.0 Å². The van der Waals surface area contributed by atoms with Crippen molar-refractivity contribution >= 4 is 46.9 Å². The molecule has 1 saturated heterocycles. The van der Waals surface area contributed by atoms with Gasteiger partial charge in [-0.3, -0.25) is 14.9 Å². The lowest BCUT2D eigenvalue weighted by Crippen LogP contribution is -2.54. The first kappa shape index (κ1) is 20.2. The number of ether oxygens (including phenoxy) is 1. The Morgan fingerprint density at radius 2 is 1.79 bits per heavy atom. The number of barbiturate groups is 1. The summed E-state index contributed by atoms with van der Waals surface area (Å²) in [6.07, 6.45) is 1.28. The van der Waals surface area contributed by atoms with E-state index in [0.717, 1.165) is 10.6 Å². The SMILES string of the molecule is COc1cc(/C=C2/C(=O)NC(=O)N(c3ccc(N(C)C)cc3)C2=O)cc(Cl)c1O. The van der Waals surface area contributed by atoms with Crippen molar-refractivity contribution in [2.75, 3.05) is 31.0 Å². The van der Waals surface area contributed by atoms with Gasteiger partial charge < -0.3 is 14.7 Å². The summed E-state index contributed by atoms with van der Waals surface area (Å²) < 4.78 is 5.03. The van der Waals surface area contributed by atoms with E-state index in [-0.39, 0.29) is 22.1 Å². The molecule has 1 aliphatic heterocycles. The number of hydrogen-bond acceptors (Lipinski definition) is 6. The Bertz CT molecular complexity index is 1030. The van der Waals surface area contributed by atoms with Crippen molar-refractivity contribution in [2.45, 2.75) is 0 Å². The van der Waals surface area contributed by atoms with E-state index in [2.05, 4.69) is 5.32 Å². The van der Waals surface area contributed by atoms with Crippen LogP contribution in [0.1, 0.15) is 5.56 Å². The summed E-state index contributed by atoms with van der Waals surface area (Å²) in [5, 5.41) is 12.0. The first-order valence-electron chi connectivity index (χ1n) is 8.48. The van der Waals surface area contributed by atoms with Crippen molar-refractivity contribution in [1.82, 2.24) is 5.32 Å². The van der Waals surface area contributed by atoms with Crippen molar-refractivity contribution in [3.05, 3.63) is 52.6 Å². The number of hydrogen-bond donors (Lipinski definition) is 2. The van der Waals surface area contributed by atoms with Crippen LogP contribution in [0, 0.1) is 0 Å². The maximum absolute atomic E-state index is 12.9. The summed E-state index contributed by atoms with van der Waals surface area (Å²) in [6.45, 7) is 0. The highest BCUT2D eigenvalue weighted by Gasteiger charge is 2.36. The van der Waals surface area contributed by atoms with Gasteiger partial charge in [-0.1, -0.05) is 11.6 Å². The molecule has 9 heteroatoms. The molecule has 8 nitrogen and oxygen atoms in total. The van der Waals surface area contributed by atoms with Gasteiger partial charge in [0.15, 0.2) is 11.5 Å². The van der Waals surface area contributed by atoms with Crippen LogP contribution in [-0.4, -0.2) is 44.2 Å². The van der Waals surface area contributed by atoms with E-state index < -0.39 is 17.8 Å². The lowest BCUT2D eigenvalue weighted by molar-refractivity contribution is -0.122. The van der Waals surface area contributed by atoms with Gasteiger partial charge in [0.25, 0.3) is 11.8 Å². The zero-order valence-corrected chi connectivity index (χ0v) is 16.6. The second-order valence-corrected chi connectivity index (χ2v) is 6.83. The average molecular weight is 416 g/mol. The first-order valence-corrected chi connectivity index (χ1v) is 8.86. The van der Waals surface area contributed by atoms with Crippen molar-refractivity contribution in [2.24, 2.45) is 0 Å². The normalized spacial score (nSPS) is 15.5. The predicted molar refractivity (Wildman–Crippen MR) is 109 cm³/mol. The number of aromatic hydroxyl groups is 1. The number of amides is 4. The molecular weight excluding hydrogens is 398 g/mol. The standard InChI is InChI=1S/C20H18ClN3O5/c1-23(2)12-4-6-13(7-5-12)24-19(27)14(18(26)22-20(24)28)8-11-9-15(21)17(25)16(10-11)29-3/h4-10,25H,1-3H3,(H,22,26,28)/b14-8-. The molecule has 0 aromatic heterocycles. The summed E-state index contributed by atoms with van der Waals surface area (Å²) >= 11 is 5.96. The number of imide groups is 2. The van der Waals surface area contributed by atoms with Gasteiger partial charge in [-0.2, -0.15) is 0 Å². The van der Waals surface area contributed by atoms with Gasteiger partial charge >= 0.3 is 6.03 Å². The van der Waals surface area contributed by atoms with Gasteiger partial charge in [0.05, 0.1) is 17.8 Å². The molecule has 2 aromatic rings. The maximum atomic E-state index is 12.9. The number of urea groups is 1. The molecule has 3 rings (SSSR count). The molecule has 0 bridgehead atoms. The van der Waals surface area contributed by atoms with Gasteiger partial charge in [0, 0.05) is 19.8 Å². The number of phenolic OH excluding ortho intramolecular Hbond substituents is 1. The predicted octanol–water partition coefficient (Wildman–Crippen LogP) is 2.79. The highest BCUT2D eigenvalue weighted by molar-refractivity contribution is 6.39. The van der Waals surface area contributed by atoms with Crippen LogP contribution in [0.5, 0.6) is 11.5 Å². The van der Waals surface area contributed by atoms with E-state index in [9.17, 15) is 19.5 Å². The minimum Gasteiger partial charge on any atom is -0.503 e. The van der Waals surface area contributed by atoms with Crippen LogP contribution in [0.15, 0.2) is 42.0 Å². The Hall–Kier alpha value is -3.52. The van der Waals surface area contributed by atoms with E-state index in [1.807, 2.05) is 19.0 Å². The van der Waals surface area contributed by atoms with Crippen LogP contribution in [0.3, 0.4) is 0 Å². The van der Waals surface area contributed by atoms with E-state index in [1.54, 1.807) is 24.3 Å². The van der Waals surface area contributed by atoms with Gasteiger partial charge in [0.1, 0.15) is 5.57 Å². The third-order valence-electron chi connectivity index (χ3n) is 4.31. The number of phenols is 1. The van der Waals surface area contributed by atoms with E-state index in [0.29, 0.717) is 11.3 Å². The molecule has 0 spiro atoms. The molecule has 29 heavy (non-hydrogen) atoms. The molecule has 2 aromatic carbocycles. The molecule has 0 unspecified atom stereocenters. The average Bonchev–Trinajstić information content (AvgIpc) is 2.68. The fourth-order valence-corrected chi connectivity index (χ4v) is 3.01. The van der Waals surface area contributed by atoms with Crippen LogP contribution in [0.25, 0.3) is 6.08 Å². The number of benzene rings is 2. The smallest absolute Gasteiger partial charge is 0.335 e. The van der Waals surface area contributed by atoms with Gasteiger partial charge in [-0.15, -0.1) is 0 Å². The number of methoxy groups -OCH3 is 1. The Morgan fingerprint density at radius 3 is 2.38 bits per heavy atom. The molecule has 150 valence electrons. The quantitative estimate of drug-likeness (QED) is 0.588.